The van der Waals surface area contributed by atoms with Crippen LogP contribution in [0.25, 0.3) is 10.1 Å². The predicted molar refractivity (Wildman–Crippen MR) is 105 cm³/mol. The molecule has 0 bridgehead atoms. The topological polar surface area (TPSA) is 26.8 Å². The third-order valence-electron chi connectivity index (χ3n) is 5.55. The average molecular weight is 376 g/mol. The summed E-state index contributed by atoms with van der Waals surface area (Å²) >= 11 is 1.61. The molecule has 2 fully saturated rings. The molecule has 2 aliphatic heterocycles. The zero-order chi connectivity index (χ0) is 17.9. The van der Waals surface area contributed by atoms with Gasteiger partial charge in [0.2, 0.25) is 5.91 Å². The second kappa shape index (κ2) is 7.92. The summed E-state index contributed by atoms with van der Waals surface area (Å²) in [7, 11) is 0. The molecule has 2 aromatic rings. The van der Waals surface area contributed by atoms with Crippen LogP contribution in [0.2, 0.25) is 0 Å². The van der Waals surface area contributed by atoms with E-state index in [0.717, 1.165) is 75.2 Å². The molecule has 1 aromatic carbocycles. The van der Waals surface area contributed by atoms with Crippen LogP contribution in [0.4, 0.5) is 10.1 Å². The SMILES string of the molecule is O=C(CCCN1CCN(c2csc3cc(F)ccc23)CC1)N1CCCC1. The molecule has 140 valence electrons. The molecule has 0 atom stereocenters. The summed E-state index contributed by atoms with van der Waals surface area (Å²) in [5.41, 5.74) is 1.23. The second-order valence-electron chi connectivity index (χ2n) is 7.28. The molecule has 2 saturated heterocycles. The van der Waals surface area contributed by atoms with Gasteiger partial charge in [-0.3, -0.25) is 9.69 Å². The first-order chi connectivity index (χ1) is 12.7. The molecule has 4 nitrogen and oxygen atoms in total. The minimum absolute atomic E-state index is 0.167. The number of anilines is 1. The van der Waals surface area contributed by atoms with Crippen LogP contribution in [0.3, 0.4) is 0 Å². The molecule has 1 amide bonds. The van der Waals surface area contributed by atoms with E-state index in [0.29, 0.717) is 12.3 Å². The van der Waals surface area contributed by atoms with Gasteiger partial charge < -0.3 is 9.80 Å². The molecule has 4 rings (SSSR count). The smallest absolute Gasteiger partial charge is 0.222 e. The first-order valence-corrected chi connectivity index (χ1v) is 10.5. The fourth-order valence-electron chi connectivity index (χ4n) is 4.02. The predicted octanol–water partition coefficient (Wildman–Crippen LogP) is 3.57. The van der Waals surface area contributed by atoms with Gasteiger partial charge in [0.15, 0.2) is 0 Å². The van der Waals surface area contributed by atoms with Crippen molar-refractivity contribution >= 4 is 33.0 Å². The van der Waals surface area contributed by atoms with Crippen LogP contribution in [0.5, 0.6) is 0 Å². The van der Waals surface area contributed by atoms with Crippen LogP contribution in [-0.2, 0) is 4.79 Å². The molecule has 0 unspecified atom stereocenters. The summed E-state index contributed by atoms with van der Waals surface area (Å²) in [6.07, 6.45) is 3.96. The van der Waals surface area contributed by atoms with Crippen molar-refractivity contribution in [1.82, 2.24) is 9.80 Å². The van der Waals surface area contributed by atoms with Gasteiger partial charge in [0.05, 0.1) is 5.69 Å². The van der Waals surface area contributed by atoms with Crippen LogP contribution >= 0.6 is 11.3 Å². The number of benzene rings is 1. The van der Waals surface area contributed by atoms with E-state index < -0.39 is 0 Å². The van der Waals surface area contributed by atoms with Gasteiger partial charge in [-0.05, 0) is 44.0 Å². The minimum atomic E-state index is -0.167. The Morgan fingerprint density at radius 3 is 2.62 bits per heavy atom. The lowest BCUT2D eigenvalue weighted by Crippen LogP contribution is -2.46. The van der Waals surface area contributed by atoms with Gasteiger partial charge in [-0.25, -0.2) is 4.39 Å². The number of rotatable bonds is 5. The fourth-order valence-corrected chi connectivity index (χ4v) is 5.02. The number of piperazine rings is 1. The molecule has 6 heteroatoms. The van der Waals surface area contributed by atoms with Crippen molar-refractivity contribution < 1.29 is 9.18 Å². The van der Waals surface area contributed by atoms with E-state index in [1.165, 1.54) is 5.69 Å². The third kappa shape index (κ3) is 3.86. The Labute approximate surface area is 158 Å². The van der Waals surface area contributed by atoms with Crippen LogP contribution < -0.4 is 4.90 Å². The number of nitrogens with zero attached hydrogens (tertiary/aromatic N) is 3. The Balaban J connectivity index is 1.25. The molecule has 26 heavy (non-hydrogen) atoms. The summed E-state index contributed by atoms with van der Waals surface area (Å²) < 4.78 is 14.4. The minimum Gasteiger partial charge on any atom is -0.368 e. The quantitative estimate of drug-likeness (QED) is 0.799. The van der Waals surface area contributed by atoms with Crippen LogP contribution in [0.15, 0.2) is 23.6 Å². The maximum absolute atomic E-state index is 13.4. The Kier molecular flexibility index (Phi) is 5.41. The van der Waals surface area contributed by atoms with E-state index in [-0.39, 0.29) is 5.82 Å². The molecular formula is C20H26FN3OS. The maximum atomic E-state index is 13.4. The molecule has 0 N–H and O–H groups in total. The van der Waals surface area contributed by atoms with Crippen molar-refractivity contribution in [2.75, 3.05) is 50.7 Å². The van der Waals surface area contributed by atoms with Crippen LogP contribution in [0, 0.1) is 5.82 Å². The molecule has 0 radical (unpaired) electrons. The number of carbonyl (C=O) groups is 1. The molecule has 2 aliphatic rings. The lowest BCUT2D eigenvalue weighted by atomic mass is 10.2. The Morgan fingerprint density at radius 1 is 1.08 bits per heavy atom. The highest BCUT2D eigenvalue weighted by atomic mass is 32.1. The van der Waals surface area contributed by atoms with Crippen LogP contribution in [-0.4, -0.2) is 61.5 Å². The van der Waals surface area contributed by atoms with E-state index in [2.05, 4.69) is 15.2 Å². The van der Waals surface area contributed by atoms with Crippen molar-refractivity contribution in [2.24, 2.45) is 0 Å². The van der Waals surface area contributed by atoms with Crippen molar-refractivity contribution in [3.8, 4) is 0 Å². The monoisotopic (exact) mass is 375 g/mol. The van der Waals surface area contributed by atoms with Crippen molar-refractivity contribution in [3.05, 3.63) is 29.4 Å². The number of fused-ring (bicyclic) bond motifs is 1. The van der Waals surface area contributed by atoms with Gasteiger partial charge >= 0.3 is 0 Å². The first kappa shape index (κ1) is 17.7. The summed E-state index contributed by atoms with van der Waals surface area (Å²) in [5.74, 6) is 0.164. The normalized spacial score (nSPS) is 18.8. The number of hydrogen-bond donors (Lipinski definition) is 0. The van der Waals surface area contributed by atoms with Gasteiger partial charge in [-0.2, -0.15) is 0 Å². The summed E-state index contributed by atoms with van der Waals surface area (Å²) in [6.45, 7) is 6.94. The second-order valence-corrected chi connectivity index (χ2v) is 8.19. The average Bonchev–Trinajstić information content (AvgIpc) is 3.32. The van der Waals surface area contributed by atoms with Gasteiger partial charge in [0.1, 0.15) is 5.82 Å². The lowest BCUT2D eigenvalue weighted by molar-refractivity contribution is -0.130. The number of carbonyl (C=O) groups excluding carboxylic acids is 1. The summed E-state index contributed by atoms with van der Waals surface area (Å²) in [4.78, 5) is 19.0. The van der Waals surface area contributed by atoms with Crippen molar-refractivity contribution in [1.29, 1.82) is 0 Å². The molecule has 3 heterocycles. The van der Waals surface area contributed by atoms with Gasteiger partial charge in [0.25, 0.3) is 0 Å². The summed E-state index contributed by atoms with van der Waals surface area (Å²) in [5, 5.41) is 3.30. The number of amides is 1. The Bertz CT molecular complexity index is 764. The highest BCUT2D eigenvalue weighted by Gasteiger charge is 2.21. The fraction of sp³-hybridized carbons (Fsp3) is 0.550. The highest BCUT2D eigenvalue weighted by Crippen LogP contribution is 2.34. The van der Waals surface area contributed by atoms with Gasteiger partial charge in [0, 0.05) is 61.2 Å². The number of thiophene rings is 1. The van der Waals surface area contributed by atoms with E-state index in [1.54, 1.807) is 23.5 Å². The maximum Gasteiger partial charge on any atom is 0.222 e. The Hall–Kier alpha value is -1.66. The first-order valence-electron chi connectivity index (χ1n) is 9.62. The lowest BCUT2D eigenvalue weighted by Gasteiger charge is -2.36. The molecular weight excluding hydrogens is 349 g/mol. The highest BCUT2D eigenvalue weighted by molar-refractivity contribution is 7.17. The standard InChI is InChI=1S/C20H26FN3OS/c21-16-5-6-17-18(15-26-19(17)14-16)23-12-10-22(11-13-23)7-3-4-20(25)24-8-1-2-9-24/h5-6,14-15H,1-4,7-13H2. The molecule has 0 saturated carbocycles. The number of hydrogen-bond acceptors (Lipinski definition) is 4. The van der Waals surface area contributed by atoms with Gasteiger partial charge in [-0.1, -0.05) is 0 Å². The van der Waals surface area contributed by atoms with E-state index >= 15 is 0 Å². The molecule has 0 aliphatic carbocycles. The van der Waals surface area contributed by atoms with Crippen molar-refractivity contribution in [3.63, 3.8) is 0 Å². The Morgan fingerprint density at radius 2 is 1.85 bits per heavy atom. The third-order valence-corrected chi connectivity index (χ3v) is 6.49. The number of likely N-dealkylation sites (tertiary alicyclic amines) is 1. The largest absolute Gasteiger partial charge is 0.368 e. The van der Waals surface area contributed by atoms with Crippen LogP contribution in [0.1, 0.15) is 25.7 Å². The zero-order valence-corrected chi connectivity index (χ0v) is 15.9. The molecule has 0 spiro atoms. The van der Waals surface area contributed by atoms with Crippen molar-refractivity contribution in [2.45, 2.75) is 25.7 Å². The summed E-state index contributed by atoms with van der Waals surface area (Å²) in [6, 6.07) is 5.07. The number of halogens is 1. The zero-order valence-electron chi connectivity index (χ0n) is 15.1. The van der Waals surface area contributed by atoms with E-state index in [4.69, 9.17) is 0 Å². The van der Waals surface area contributed by atoms with E-state index in [9.17, 15) is 9.18 Å². The molecule has 1 aromatic heterocycles. The van der Waals surface area contributed by atoms with E-state index in [1.807, 2.05) is 11.0 Å². The van der Waals surface area contributed by atoms with Gasteiger partial charge in [-0.15, -0.1) is 11.3 Å².